The van der Waals surface area contributed by atoms with Crippen LogP contribution in [0.5, 0.6) is 0 Å². The van der Waals surface area contributed by atoms with Gasteiger partial charge in [-0.05, 0) is 47.5 Å². The van der Waals surface area contributed by atoms with Gasteiger partial charge in [0.05, 0.1) is 6.04 Å². The summed E-state index contributed by atoms with van der Waals surface area (Å²) in [6.07, 6.45) is 0. The minimum Gasteiger partial charge on any atom is -0.271 e. The third kappa shape index (κ3) is 3.43. The van der Waals surface area contributed by atoms with Crippen molar-refractivity contribution in [2.24, 2.45) is 5.84 Å². The minimum absolute atomic E-state index is 0.337. The maximum atomic E-state index is 6.22. The number of benzene rings is 2. The van der Waals surface area contributed by atoms with Crippen LogP contribution in [0.4, 0.5) is 0 Å². The maximum Gasteiger partial charge on any atom is 0.0739 e. The topological polar surface area (TPSA) is 38.0 Å². The van der Waals surface area contributed by atoms with Crippen LogP contribution in [-0.2, 0) is 0 Å². The van der Waals surface area contributed by atoms with Crippen molar-refractivity contribution in [3.63, 3.8) is 0 Å². The Hall–Kier alpha value is -0.290. The van der Waals surface area contributed by atoms with Crippen LogP contribution in [0.1, 0.15) is 17.2 Å². The summed E-state index contributed by atoms with van der Waals surface area (Å²) in [6.45, 7) is 0. The van der Waals surface area contributed by atoms with E-state index in [0.717, 1.165) is 15.6 Å². The van der Waals surface area contributed by atoms with Crippen molar-refractivity contribution in [2.75, 3.05) is 0 Å². The lowest BCUT2D eigenvalue weighted by molar-refractivity contribution is 0.637. The van der Waals surface area contributed by atoms with Crippen LogP contribution in [0.15, 0.2) is 40.9 Å². The van der Waals surface area contributed by atoms with Crippen molar-refractivity contribution >= 4 is 50.7 Å². The Labute approximate surface area is 134 Å². The number of nitrogens with one attached hydrogen (secondary N) is 1. The van der Waals surface area contributed by atoms with Crippen LogP contribution in [0.3, 0.4) is 0 Å². The summed E-state index contributed by atoms with van der Waals surface area (Å²) >= 11 is 21.8. The number of halogens is 4. The number of hydrogen-bond acceptors (Lipinski definition) is 2. The van der Waals surface area contributed by atoms with Gasteiger partial charge >= 0.3 is 0 Å². The minimum atomic E-state index is -0.337. The van der Waals surface area contributed by atoms with E-state index in [0.29, 0.717) is 15.1 Å². The van der Waals surface area contributed by atoms with Crippen molar-refractivity contribution in [1.29, 1.82) is 0 Å². The predicted molar refractivity (Wildman–Crippen MR) is 84.8 cm³/mol. The van der Waals surface area contributed by atoms with E-state index in [1.54, 1.807) is 24.3 Å². The van der Waals surface area contributed by atoms with Gasteiger partial charge in [-0.2, -0.15) is 0 Å². The molecule has 0 fully saturated rings. The summed E-state index contributed by atoms with van der Waals surface area (Å²) in [5, 5.41) is 1.76. The molecule has 0 heterocycles. The molecule has 0 aliphatic rings. The molecule has 2 aromatic rings. The molecule has 0 aliphatic heterocycles. The van der Waals surface area contributed by atoms with Crippen molar-refractivity contribution < 1.29 is 0 Å². The molecule has 1 atom stereocenters. The molecule has 2 nitrogen and oxygen atoms in total. The van der Waals surface area contributed by atoms with E-state index in [2.05, 4.69) is 21.4 Å². The lowest BCUT2D eigenvalue weighted by atomic mass is 9.99. The Bertz CT molecular complexity index is 553. The van der Waals surface area contributed by atoms with Gasteiger partial charge in [-0.3, -0.25) is 5.84 Å². The van der Waals surface area contributed by atoms with Gasteiger partial charge in [0.15, 0.2) is 0 Å². The van der Waals surface area contributed by atoms with Gasteiger partial charge in [0.25, 0.3) is 0 Å². The van der Waals surface area contributed by atoms with Crippen LogP contribution in [0.25, 0.3) is 0 Å². The van der Waals surface area contributed by atoms with Gasteiger partial charge in [-0.1, -0.05) is 50.7 Å². The van der Waals surface area contributed by atoms with Crippen LogP contribution >= 0.6 is 50.7 Å². The third-order valence-corrected chi connectivity index (χ3v) is 4.12. The Kier molecular flexibility index (Phi) is 5.12. The van der Waals surface area contributed by atoms with Gasteiger partial charge < -0.3 is 0 Å². The van der Waals surface area contributed by atoms with E-state index in [1.807, 2.05) is 12.1 Å². The average Bonchev–Trinajstić information content (AvgIpc) is 2.38. The molecule has 3 N–H and O–H groups in total. The molecule has 2 aromatic carbocycles. The highest BCUT2D eigenvalue weighted by Gasteiger charge is 2.19. The second-order valence-electron chi connectivity index (χ2n) is 3.93. The van der Waals surface area contributed by atoms with Crippen molar-refractivity contribution in [3.05, 3.63) is 67.1 Å². The SMILES string of the molecule is NNC(c1cc(Cl)ccc1Cl)c1cc(Br)ccc1Cl. The molecule has 19 heavy (non-hydrogen) atoms. The largest absolute Gasteiger partial charge is 0.271 e. The molecule has 6 heteroatoms. The zero-order chi connectivity index (χ0) is 14.0. The fraction of sp³-hybridized carbons (Fsp3) is 0.0769. The Morgan fingerprint density at radius 2 is 1.53 bits per heavy atom. The quantitative estimate of drug-likeness (QED) is 0.583. The number of rotatable bonds is 3. The molecule has 0 saturated carbocycles. The molecular formula is C13H10BrCl3N2. The second-order valence-corrected chi connectivity index (χ2v) is 6.10. The second kappa shape index (κ2) is 6.44. The van der Waals surface area contributed by atoms with E-state index in [-0.39, 0.29) is 6.04 Å². The highest BCUT2D eigenvalue weighted by Crippen LogP contribution is 2.34. The average molecular weight is 380 g/mol. The summed E-state index contributed by atoms with van der Waals surface area (Å²) in [7, 11) is 0. The van der Waals surface area contributed by atoms with Gasteiger partial charge in [0.1, 0.15) is 0 Å². The van der Waals surface area contributed by atoms with E-state index < -0.39 is 0 Å². The lowest BCUT2D eigenvalue weighted by Crippen LogP contribution is -2.29. The first-order valence-electron chi connectivity index (χ1n) is 5.39. The molecule has 0 aromatic heterocycles. The molecule has 0 saturated heterocycles. The smallest absolute Gasteiger partial charge is 0.0739 e. The summed E-state index contributed by atoms with van der Waals surface area (Å²) in [6, 6.07) is 10.4. The van der Waals surface area contributed by atoms with E-state index >= 15 is 0 Å². The predicted octanol–water partition coefficient (Wildman–Crippen LogP) is 4.96. The Morgan fingerprint density at radius 3 is 2.16 bits per heavy atom. The van der Waals surface area contributed by atoms with E-state index in [1.165, 1.54) is 0 Å². The first-order valence-corrected chi connectivity index (χ1v) is 7.31. The summed E-state index contributed by atoms with van der Waals surface area (Å²) in [4.78, 5) is 0. The van der Waals surface area contributed by atoms with Crippen LogP contribution in [0.2, 0.25) is 15.1 Å². The molecule has 0 spiro atoms. The number of nitrogens with two attached hydrogens (primary N) is 1. The fourth-order valence-electron chi connectivity index (χ4n) is 1.82. The fourth-order valence-corrected chi connectivity index (χ4v) is 2.83. The van der Waals surface area contributed by atoms with Crippen molar-refractivity contribution in [3.8, 4) is 0 Å². The molecule has 0 radical (unpaired) electrons. The molecular weight excluding hydrogens is 370 g/mol. The van der Waals surface area contributed by atoms with Gasteiger partial charge in [-0.25, -0.2) is 5.43 Å². The Morgan fingerprint density at radius 1 is 0.947 bits per heavy atom. The molecule has 2 rings (SSSR count). The van der Waals surface area contributed by atoms with Crippen molar-refractivity contribution in [1.82, 2.24) is 5.43 Å². The van der Waals surface area contributed by atoms with Crippen LogP contribution < -0.4 is 11.3 Å². The zero-order valence-electron chi connectivity index (χ0n) is 9.63. The van der Waals surface area contributed by atoms with Gasteiger partial charge in [0, 0.05) is 19.5 Å². The maximum absolute atomic E-state index is 6.22. The normalized spacial score (nSPS) is 12.5. The summed E-state index contributed by atoms with van der Waals surface area (Å²) in [5.74, 6) is 5.65. The van der Waals surface area contributed by atoms with Crippen LogP contribution in [-0.4, -0.2) is 0 Å². The van der Waals surface area contributed by atoms with Gasteiger partial charge in [0.2, 0.25) is 0 Å². The van der Waals surface area contributed by atoms with Crippen LogP contribution in [0, 0.1) is 0 Å². The number of hydrogen-bond donors (Lipinski definition) is 2. The van der Waals surface area contributed by atoms with Gasteiger partial charge in [-0.15, -0.1) is 0 Å². The Balaban J connectivity index is 2.55. The zero-order valence-corrected chi connectivity index (χ0v) is 13.5. The molecule has 1 unspecified atom stereocenters. The summed E-state index contributed by atoms with van der Waals surface area (Å²) < 4.78 is 0.908. The first kappa shape index (κ1) is 15.1. The highest BCUT2D eigenvalue weighted by atomic mass is 79.9. The lowest BCUT2D eigenvalue weighted by Gasteiger charge is -2.20. The monoisotopic (exact) mass is 378 g/mol. The summed E-state index contributed by atoms with van der Waals surface area (Å²) in [5.41, 5.74) is 4.32. The third-order valence-electron chi connectivity index (χ3n) is 2.70. The first-order chi connectivity index (χ1) is 9.02. The van der Waals surface area contributed by atoms with E-state index in [4.69, 9.17) is 40.6 Å². The van der Waals surface area contributed by atoms with E-state index in [9.17, 15) is 0 Å². The standard InChI is InChI=1S/C13H10BrCl3N2/c14-7-1-3-11(16)9(5-7)13(19-18)10-6-8(15)2-4-12(10)17/h1-6,13,19H,18H2. The molecule has 0 amide bonds. The highest BCUT2D eigenvalue weighted by molar-refractivity contribution is 9.10. The molecule has 0 aliphatic carbocycles. The molecule has 100 valence electrons. The molecule has 0 bridgehead atoms. The number of hydrazine groups is 1. The van der Waals surface area contributed by atoms with Crippen molar-refractivity contribution in [2.45, 2.75) is 6.04 Å².